The molecule has 0 aliphatic heterocycles. The van der Waals surface area contributed by atoms with Crippen molar-refractivity contribution in [1.29, 1.82) is 0 Å². The monoisotopic (exact) mass is 272 g/mol. The van der Waals surface area contributed by atoms with E-state index in [2.05, 4.69) is 34.4 Å². The molecular weight excluding hydrogens is 252 g/mol. The molecule has 3 rings (SSSR count). The first-order chi connectivity index (χ1) is 9.65. The Labute approximate surface area is 118 Å². The third-order valence-electron chi connectivity index (χ3n) is 3.69. The number of likely N-dealkylation sites (N-methyl/N-ethyl adjacent to an activating group) is 1. The second-order valence-electron chi connectivity index (χ2n) is 5.72. The Hall–Kier alpha value is -1.72. The molecular formula is C15H20N4O. The van der Waals surface area contributed by atoms with Crippen LogP contribution in [0.25, 0.3) is 0 Å². The highest BCUT2D eigenvalue weighted by molar-refractivity contribution is 5.30. The van der Waals surface area contributed by atoms with Crippen LogP contribution in [0.1, 0.15) is 41.6 Å². The van der Waals surface area contributed by atoms with Gasteiger partial charge in [-0.2, -0.15) is 4.98 Å². The van der Waals surface area contributed by atoms with Gasteiger partial charge in [0.2, 0.25) is 5.89 Å². The minimum absolute atomic E-state index is 0.198. The summed E-state index contributed by atoms with van der Waals surface area (Å²) in [5, 5.41) is 4.02. The summed E-state index contributed by atoms with van der Waals surface area (Å²) in [7, 11) is 3.96. The highest BCUT2D eigenvalue weighted by atomic mass is 16.5. The molecule has 1 aromatic carbocycles. The second kappa shape index (κ2) is 5.34. The zero-order valence-electron chi connectivity index (χ0n) is 11.9. The van der Waals surface area contributed by atoms with Gasteiger partial charge in [-0.15, -0.1) is 0 Å². The Morgan fingerprint density at radius 3 is 2.75 bits per heavy atom. The zero-order valence-corrected chi connectivity index (χ0v) is 11.9. The molecule has 0 amide bonds. The molecule has 1 aliphatic carbocycles. The SMILES string of the molecule is CN(C)CC(N)c1noc(C2CC2c2ccccc2)n1. The summed E-state index contributed by atoms with van der Waals surface area (Å²) in [6, 6.07) is 10.3. The summed E-state index contributed by atoms with van der Waals surface area (Å²) in [5.74, 6) is 2.19. The topological polar surface area (TPSA) is 68.2 Å². The van der Waals surface area contributed by atoms with E-state index in [9.17, 15) is 0 Å². The van der Waals surface area contributed by atoms with Gasteiger partial charge in [0, 0.05) is 12.5 Å². The van der Waals surface area contributed by atoms with Gasteiger partial charge in [0.1, 0.15) is 0 Å². The van der Waals surface area contributed by atoms with E-state index in [1.165, 1.54) is 5.56 Å². The van der Waals surface area contributed by atoms with E-state index in [0.717, 1.165) is 12.3 Å². The maximum Gasteiger partial charge on any atom is 0.230 e. The lowest BCUT2D eigenvalue weighted by atomic mass is 10.1. The number of benzene rings is 1. The van der Waals surface area contributed by atoms with Gasteiger partial charge in [-0.3, -0.25) is 0 Å². The fourth-order valence-electron chi connectivity index (χ4n) is 2.56. The van der Waals surface area contributed by atoms with Crippen molar-refractivity contribution in [3.63, 3.8) is 0 Å². The van der Waals surface area contributed by atoms with E-state index >= 15 is 0 Å². The third kappa shape index (κ3) is 2.73. The summed E-state index contributed by atoms with van der Waals surface area (Å²) in [6.07, 6.45) is 1.08. The van der Waals surface area contributed by atoms with Crippen LogP contribution < -0.4 is 5.73 Å². The standard InChI is InChI=1S/C15H20N4O/c1-19(2)9-13(16)14-17-15(20-18-14)12-8-11(12)10-6-4-3-5-7-10/h3-7,11-13H,8-9,16H2,1-2H3. The van der Waals surface area contributed by atoms with E-state index in [0.29, 0.717) is 24.2 Å². The predicted molar refractivity (Wildman–Crippen MR) is 76.3 cm³/mol. The van der Waals surface area contributed by atoms with E-state index in [1.807, 2.05) is 25.1 Å². The molecule has 2 N–H and O–H groups in total. The molecule has 106 valence electrons. The van der Waals surface area contributed by atoms with Crippen LogP contribution in [0.4, 0.5) is 0 Å². The summed E-state index contributed by atoms with van der Waals surface area (Å²) in [4.78, 5) is 6.49. The second-order valence-corrected chi connectivity index (χ2v) is 5.72. The average Bonchev–Trinajstić information content (AvgIpc) is 3.08. The molecule has 1 heterocycles. The van der Waals surface area contributed by atoms with E-state index in [4.69, 9.17) is 10.3 Å². The fourth-order valence-corrected chi connectivity index (χ4v) is 2.56. The molecule has 1 aliphatic rings. The number of rotatable bonds is 5. The summed E-state index contributed by atoms with van der Waals surface area (Å²) in [5.41, 5.74) is 7.39. The first-order valence-electron chi connectivity index (χ1n) is 6.94. The molecule has 1 aromatic heterocycles. The van der Waals surface area contributed by atoms with Crippen molar-refractivity contribution >= 4 is 0 Å². The smallest absolute Gasteiger partial charge is 0.230 e. The van der Waals surface area contributed by atoms with Crippen LogP contribution in [0.3, 0.4) is 0 Å². The van der Waals surface area contributed by atoms with Crippen LogP contribution in [0.2, 0.25) is 0 Å². The Kier molecular flexibility index (Phi) is 3.54. The largest absolute Gasteiger partial charge is 0.339 e. The van der Waals surface area contributed by atoms with Crippen LogP contribution >= 0.6 is 0 Å². The predicted octanol–water partition coefficient (Wildman–Crippen LogP) is 1.90. The summed E-state index contributed by atoms with van der Waals surface area (Å²) < 4.78 is 5.38. The summed E-state index contributed by atoms with van der Waals surface area (Å²) in [6.45, 7) is 0.714. The van der Waals surface area contributed by atoms with Gasteiger partial charge in [-0.1, -0.05) is 35.5 Å². The van der Waals surface area contributed by atoms with Crippen LogP contribution in [0, 0.1) is 0 Å². The van der Waals surface area contributed by atoms with Gasteiger partial charge in [-0.05, 0) is 32.0 Å². The molecule has 0 bridgehead atoms. The lowest BCUT2D eigenvalue weighted by Gasteiger charge is -2.12. The van der Waals surface area contributed by atoms with Gasteiger partial charge >= 0.3 is 0 Å². The highest BCUT2D eigenvalue weighted by Crippen LogP contribution is 2.53. The number of hydrogen-bond donors (Lipinski definition) is 1. The normalized spacial score (nSPS) is 23.0. The Morgan fingerprint density at radius 1 is 1.30 bits per heavy atom. The van der Waals surface area contributed by atoms with Gasteiger partial charge in [0.05, 0.1) is 6.04 Å². The Morgan fingerprint density at radius 2 is 2.05 bits per heavy atom. The maximum absolute atomic E-state index is 6.05. The zero-order chi connectivity index (χ0) is 14.1. The Balaban J connectivity index is 1.67. The van der Waals surface area contributed by atoms with Crippen molar-refractivity contribution in [2.45, 2.75) is 24.3 Å². The van der Waals surface area contributed by atoms with Crippen molar-refractivity contribution in [1.82, 2.24) is 15.0 Å². The molecule has 3 atom stereocenters. The molecule has 20 heavy (non-hydrogen) atoms. The fraction of sp³-hybridized carbons (Fsp3) is 0.467. The van der Waals surface area contributed by atoms with Crippen molar-refractivity contribution in [2.75, 3.05) is 20.6 Å². The lowest BCUT2D eigenvalue weighted by molar-refractivity contribution is 0.346. The quantitative estimate of drug-likeness (QED) is 0.900. The number of nitrogens with two attached hydrogens (primary N) is 1. The minimum atomic E-state index is -0.198. The van der Waals surface area contributed by atoms with E-state index in [-0.39, 0.29) is 6.04 Å². The van der Waals surface area contributed by atoms with Crippen molar-refractivity contribution in [2.24, 2.45) is 5.73 Å². The average molecular weight is 272 g/mol. The minimum Gasteiger partial charge on any atom is -0.339 e. The molecule has 5 heteroatoms. The lowest BCUT2D eigenvalue weighted by Crippen LogP contribution is -2.26. The number of aromatic nitrogens is 2. The van der Waals surface area contributed by atoms with E-state index < -0.39 is 0 Å². The van der Waals surface area contributed by atoms with Crippen molar-refractivity contribution < 1.29 is 4.52 Å². The van der Waals surface area contributed by atoms with Crippen molar-refractivity contribution in [3.05, 3.63) is 47.6 Å². The molecule has 1 fully saturated rings. The van der Waals surface area contributed by atoms with Gasteiger partial charge in [0.25, 0.3) is 0 Å². The van der Waals surface area contributed by atoms with Crippen molar-refractivity contribution in [3.8, 4) is 0 Å². The highest BCUT2D eigenvalue weighted by Gasteiger charge is 2.43. The molecule has 5 nitrogen and oxygen atoms in total. The first kappa shape index (κ1) is 13.3. The maximum atomic E-state index is 6.05. The molecule has 2 aromatic rings. The molecule has 1 saturated carbocycles. The van der Waals surface area contributed by atoms with E-state index in [1.54, 1.807) is 0 Å². The van der Waals surface area contributed by atoms with Crippen LogP contribution in [0.5, 0.6) is 0 Å². The van der Waals surface area contributed by atoms with Gasteiger partial charge in [-0.25, -0.2) is 0 Å². The third-order valence-corrected chi connectivity index (χ3v) is 3.69. The van der Waals surface area contributed by atoms with Gasteiger partial charge < -0.3 is 15.2 Å². The first-order valence-corrected chi connectivity index (χ1v) is 6.94. The number of nitrogens with zero attached hydrogens (tertiary/aromatic N) is 3. The molecule has 0 spiro atoms. The Bertz CT molecular complexity index is 566. The van der Waals surface area contributed by atoms with Crippen LogP contribution in [-0.2, 0) is 0 Å². The number of hydrogen-bond acceptors (Lipinski definition) is 5. The molecule has 0 saturated heterocycles. The summed E-state index contributed by atoms with van der Waals surface area (Å²) >= 11 is 0. The van der Waals surface area contributed by atoms with Crippen LogP contribution in [-0.4, -0.2) is 35.7 Å². The van der Waals surface area contributed by atoms with Gasteiger partial charge in [0.15, 0.2) is 5.82 Å². The van der Waals surface area contributed by atoms with Crippen LogP contribution in [0.15, 0.2) is 34.9 Å². The molecule has 0 radical (unpaired) electrons. The molecule has 3 unspecified atom stereocenters.